The second kappa shape index (κ2) is 6.06. The normalized spacial score (nSPS) is 13.0. The Bertz CT molecular complexity index is 262. The highest BCUT2D eigenvalue weighted by atomic mass is 19.3. The highest BCUT2D eigenvalue weighted by Gasteiger charge is 2.20. The average molecular weight is 206 g/mol. The number of halogens is 2. The van der Waals surface area contributed by atoms with E-state index in [0.29, 0.717) is 0 Å². The minimum Gasteiger partial charge on any atom is -0.465 e. The summed E-state index contributed by atoms with van der Waals surface area (Å²) in [5.74, 6) is -0.847. The molecular formula is C8H12F2N2O2. The van der Waals surface area contributed by atoms with Gasteiger partial charge in [0.1, 0.15) is 5.57 Å². The van der Waals surface area contributed by atoms with Crippen molar-refractivity contribution in [2.24, 2.45) is 4.99 Å². The molecule has 0 bridgehead atoms. The quantitative estimate of drug-likeness (QED) is 0.416. The minimum absolute atomic E-state index is 0.271. The second-order valence-electron chi connectivity index (χ2n) is 2.26. The number of alkyl halides is 2. The molecule has 4 nitrogen and oxygen atoms in total. The number of allylic oxidation sites excluding steroid dienone is 1. The summed E-state index contributed by atoms with van der Waals surface area (Å²) in [6.45, 7) is 0. The maximum absolute atomic E-state index is 12.4. The first-order valence-corrected chi connectivity index (χ1v) is 3.79. The molecule has 0 saturated heterocycles. The zero-order chi connectivity index (χ0) is 11.1. The lowest BCUT2D eigenvalue weighted by Crippen LogP contribution is -2.22. The van der Waals surface area contributed by atoms with Crippen LogP contribution >= 0.6 is 0 Å². The number of carbonyl (C=O) groups is 1. The summed E-state index contributed by atoms with van der Waals surface area (Å²) in [5.41, 5.74) is -0.769. The van der Waals surface area contributed by atoms with E-state index in [1.807, 2.05) is 0 Å². The Kier molecular flexibility index (Phi) is 5.43. The van der Waals surface area contributed by atoms with E-state index in [0.717, 1.165) is 13.3 Å². The molecule has 0 unspecified atom stereocenters. The van der Waals surface area contributed by atoms with Crippen LogP contribution in [-0.4, -0.2) is 39.8 Å². The van der Waals surface area contributed by atoms with Crippen molar-refractivity contribution in [3.63, 3.8) is 0 Å². The third-order valence-electron chi connectivity index (χ3n) is 1.44. The number of nitrogens with one attached hydrogen (secondary N) is 1. The molecule has 6 heteroatoms. The van der Waals surface area contributed by atoms with E-state index < -0.39 is 18.1 Å². The Morgan fingerprint density at radius 3 is 2.43 bits per heavy atom. The molecule has 0 aromatic heterocycles. The third-order valence-corrected chi connectivity index (χ3v) is 1.44. The number of ether oxygens (including phenoxy) is 1. The van der Waals surface area contributed by atoms with Crippen LogP contribution in [0, 0.1) is 0 Å². The van der Waals surface area contributed by atoms with Gasteiger partial charge in [-0.05, 0) is 0 Å². The second-order valence-corrected chi connectivity index (χ2v) is 2.26. The molecule has 14 heavy (non-hydrogen) atoms. The van der Waals surface area contributed by atoms with Crippen molar-refractivity contribution in [2.75, 3.05) is 21.2 Å². The maximum atomic E-state index is 12.4. The number of methoxy groups -OCH3 is 1. The van der Waals surface area contributed by atoms with Gasteiger partial charge in [-0.25, -0.2) is 13.6 Å². The van der Waals surface area contributed by atoms with Crippen molar-refractivity contribution in [2.45, 2.75) is 6.43 Å². The van der Waals surface area contributed by atoms with Crippen LogP contribution in [0.5, 0.6) is 0 Å². The zero-order valence-corrected chi connectivity index (χ0v) is 8.17. The fourth-order valence-corrected chi connectivity index (χ4v) is 0.833. The van der Waals surface area contributed by atoms with Crippen LogP contribution in [0.2, 0.25) is 0 Å². The van der Waals surface area contributed by atoms with Crippen LogP contribution in [-0.2, 0) is 9.53 Å². The molecule has 0 aliphatic rings. The van der Waals surface area contributed by atoms with Crippen LogP contribution in [0.4, 0.5) is 8.78 Å². The van der Waals surface area contributed by atoms with E-state index in [9.17, 15) is 13.6 Å². The lowest BCUT2D eigenvalue weighted by molar-refractivity contribution is -0.135. The molecule has 0 fully saturated rings. The number of carbonyl (C=O) groups excluding carboxylic acids is 1. The minimum atomic E-state index is -2.77. The van der Waals surface area contributed by atoms with Gasteiger partial charge in [-0.15, -0.1) is 0 Å². The first-order valence-electron chi connectivity index (χ1n) is 3.79. The average Bonchev–Trinajstić information content (AvgIpc) is 2.16. The predicted octanol–water partition coefficient (Wildman–Crippen LogP) is 0.599. The van der Waals surface area contributed by atoms with Gasteiger partial charge in [0.05, 0.1) is 12.8 Å². The van der Waals surface area contributed by atoms with E-state index in [1.54, 1.807) is 0 Å². The van der Waals surface area contributed by atoms with Gasteiger partial charge in [0.15, 0.2) is 0 Å². The zero-order valence-electron chi connectivity index (χ0n) is 8.17. The standard InChI is InChI=1S/C8H12F2N2O2/c1-11-4-5(8(13)14-3)6(12-2)7(9)10/h4,7,12H,1-3H3. The molecule has 0 amide bonds. The molecule has 0 spiro atoms. The first-order chi connectivity index (χ1) is 6.58. The Morgan fingerprint density at radius 2 is 2.14 bits per heavy atom. The molecule has 0 aromatic rings. The van der Waals surface area contributed by atoms with Gasteiger partial charge in [-0.1, -0.05) is 0 Å². The summed E-state index contributed by atoms with van der Waals surface area (Å²) in [6, 6.07) is 0. The van der Waals surface area contributed by atoms with E-state index in [4.69, 9.17) is 0 Å². The molecule has 80 valence electrons. The van der Waals surface area contributed by atoms with Gasteiger partial charge in [0.2, 0.25) is 0 Å². The smallest absolute Gasteiger partial charge is 0.341 e. The van der Waals surface area contributed by atoms with Gasteiger partial charge in [-0.3, -0.25) is 4.99 Å². The van der Waals surface area contributed by atoms with Crippen LogP contribution in [0.3, 0.4) is 0 Å². The van der Waals surface area contributed by atoms with Gasteiger partial charge >= 0.3 is 5.97 Å². The molecule has 0 atom stereocenters. The fraction of sp³-hybridized carbons (Fsp3) is 0.500. The molecule has 0 aromatic carbocycles. The van der Waals surface area contributed by atoms with Gasteiger partial charge in [0.25, 0.3) is 6.43 Å². The number of hydrogen-bond acceptors (Lipinski definition) is 4. The Labute approximate surface area is 80.7 Å². The van der Waals surface area contributed by atoms with Crippen molar-refractivity contribution in [3.8, 4) is 0 Å². The van der Waals surface area contributed by atoms with E-state index in [2.05, 4.69) is 15.0 Å². The molecule has 0 radical (unpaired) electrons. The van der Waals surface area contributed by atoms with Gasteiger partial charge in [0, 0.05) is 20.3 Å². The summed E-state index contributed by atoms with van der Waals surface area (Å²) < 4.78 is 29.1. The molecule has 0 aliphatic carbocycles. The topological polar surface area (TPSA) is 50.7 Å². The number of hydrogen-bond donors (Lipinski definition) is 1. The van der Waals surface area contributed by atoms with Crippen LogP contribution in [0.15, 0.2) is 16.3 Å². The largest absolute Gasteiger partial charge is 0.465 e. The molecular weight excluding hydrogens is 194 g/mol. The molecule has 1 N–H and O–H groups in total. The van der Waals surface area contributed by atoms with Crippen LogP contribution in [0.1, 0.15) is 0 Å². The van der Waals surface area contributed by atoms with Crippen LogP contribution in [0.25, 0.3) is 0 Å². The number of nitrogens with zero attached hydrogens (tertiary/aromatic N) is 1. The van der Waals surface area contributed by atoms with Crippen molar-refractivity contribution < 1.29 is 18.3 Å². The summed E-state index contributed by atoms with van der Waals surface area (Å²) in [5, 5.41) is 2.24. The number of aliphatic imine (C=N–C) groups is 1. The SMILES string of the molecule is CN=CC(C(=O)OC)=C(NC)C(F)F. The summed E-state index contributed by atoms with van der Waals surface area (Å²) in [4.78, 5) is 14.6. The number of esters is 1. The van der Waals surface area contributed by atoms with Gasteiger partial charge in [-0.2, -0.15) is 0 Å². The Morgan fingerprint density at radius 1 is 1.57 bits per heavy atom. The summed E-state index contributed by atoms with van der Waals surface area (Å²) >= 11 is 0. The van der Waals surface area contributed by atoms with Crippen molar-refractivity contribution in [1.82, 2.24) is 5.32 Å². The Balaban J connectivity index is 5.19. The highest BCUT2D eigenvalue weighted by molar-refractivity contribution is 6.10. The molecule has 0 heterocycles. The third kappa shape index (κ3) is 3.12. The predicted molar refractivity (Wildman–Crippen MR) is 48.5 cm³/mol. The van der Waals surface area contributed by atoms with Crippen molar-refractivity contribution in [3.05, 3.63) is 11.3 Å². The first kappa shape index (κ1) is 12.5. The monoisotopic (exact) mass is 206 g/mol. The Hall–Kier alpha value is -1.46. The maximum Gasteiger partial charge on any atom is 0.341 e. The molecule has 0 saturated carbocycles. The fourth-order valence-electron chi connectivity index (χ4n) is 0.833. The molecule has 0 aliphatic heterocycles. The van der Waals surface area contributed by atoms with E-state index >= 15 is 0 Å². The number of rotatable bonds is 4. The van der Waals surface area contributed by atoms with Crippen LogP contribution < -0.4 is 5.32 Å². The lowest BCUT2D eigenvalue weighted by atomic mass is 10.2. The van der Waals surface area contributed by atoms with E-state index in [-0.39, 0.29) is 5.57 Å². The summed E-state index contributed by atoms with van der Waals surface area (Å²) in [6.07, 6.45) is -1.74. The molecule has 0 rings (SSSR count). The van der Waals surface area contributed by atoms with E-state index in [1.165, 1.54) is 14.1 Å². The van der Waals surface area contributed by atoms with Crippen molar-refractivity contribution in [1.29, 1.82) is 0 Å². The summed E-state index contributed by atoms with van der Waals surface area (Å²) in [7, 11) is 3.79. The highest BCUT2D eigenvalue weighted by Crippen LogP contribution is 2.10. The van der Waals surface area contributed by atoms with Crippen molar-refractivity contribution >= 4 is 12.2 Å². The lowest BCUT2D eigenvalue weighted by Gasteiger charge is -2.09. The van der Waals surface area contributed by atoms with Gasteiger partial charge < -0.3 is 10.1 Å².